The fourth-order valence-corrected chi connectivity index (χ4v) is 5.74. The average molecular weight is 528 g/mol. The molecule has 2 fully saturated rings. The number of urea groups is 1. The number of hydrogen-bond acceptors (Lipinski definition) is 3. The maximum atomic E-state index is 14.6. The molecule has 0 atom stereocenters. The van der Waals surface area contributed by atoms with Crippen LogP contribution < -0.4 is 9.80 Å². The van der Waals surface area contributed by atoms with E-state index in [9.17, 15) is 22.4 Å². The van der Waals surface area contributed by atoms with E-state index in [1.807, 2.05) is 28.8 Å². The van der Waals surface area contributed by atoms with E-state index >= 15 is 0 Å². The van der Waals surface area contributed by atoms with Crippen LogP contribution in [0.2, 0.25) is 0 Å². The molecule has 3 aromatic rings. The summed E-state index contributed by atoms with van der Waals surface area (Å²) in [5.41, 5.74) is 1.58. The van der Waals surface area contributed by atoms with Crippen molar-refractivity contribution in [1.82, 2.24) is 14.7 Å². The fraction of sp³-hybridized carbons (Fsp3) is 0.429. The number of alkyl halides is 3. The predicted octanol–water partition coefficient (Wildman–Crippen LogP) is 6.30. The monoisotopic (exact) mass is 527 g/mol. The molecule has 1 saturated carbocycles. The standard InChI is InChI=1S/C28H29F4N5O/c1-18-5-4-8-24(29)25(18)34-13-11-21(12-14-34)35-16-20-17-37(22-9-10-22)33-26(20)36(27(35)38)15-19-6-2-3-7-23(19)28(30,31)32/h2-8,17,21-22H,9-16H2,1H3. The van der Waals surface area contributed by atoms with Gasteiger partial charge < -0.3 is 9.80 Å². The van der Waals surface area contributed by atoms with Crippen molar-refractivity contribution in [3.05, 3.63) is 76.7 Å². The van der Waals surface area contributed by atoms with E-state index in [0.29, 0.717) is 44.0 Å². The SMILES string of the molecule is Cc1cccc(F)c1N1CCC(N2Cc3cn(C4CC4)nc3N(Cc3ccccc3C(F)(F)F)C2=O)CC1. The number of anilines is 2. The Kier molecular flexibility index (Phi) is 6.07. The summed E-state index contributed by atoms with van der Waals surface area (Å²) in [7, 11) is 0. The topological polar surface area (TPSA) is 44.6 Å². The van der Waals surface area contributed by atoms with Crippen LogP contribution in [0.25, 0.3) is 0 Å². The lowest BCUT2D eigenvalue weighted by molar-refractivity contribution is -0.138. The number of aromatic nitrogens is 2. The number of nitrogens with zero attached hydrogens (tertiary/aromatic N) is 5. The minimum Gasteiger partial charge on any atom is -0.369 e. The largest absolute Gasteiger partial charge is 0.416 e. The maximum absolute atomic E-state index is 14.6. The van der Waals surface area contributed by atoms with Gasteiger partial charge in [-0.15, -0.1) is 0 Å². The van der Waals surface area contributed by atoms with E-state index in [1.54, 1.807) is 17.0 Å². The molecule has 2 aliphatic heterocycles. The molecule has 200 valence electrons. The predicted molar refractivity (Wildman–Crippen MR) is 135 cm³/mol. The summed E-state index contributed by atoms with van der Waals surface area (Å²) in [4.78, 5) is 19.0. The number of amides is 2. The number of benzene rings is 2. The van der Waals surface area contributed by atoms with E-state index in [1.165, 1.54) is 23.1 Å². The first-order valence-corrected chi connectivity index (χ1v) is 13.0. The summed E-state index contributed by atoms with van der Waals surface area (Å²) in [5, 5.41) is 4.65. The number of halogens is 4. The van der Waals surface area contributed by atoms with Gasteiger partial charge in [-0.25, -0.2) is 9.18 Å². The van der Waals surface area contributed by atoms with E-state index in [0.717, 1.165) is 30.0 Å². The zero-order valence-electron chi connectivity index (χ0n) is 21.1. The summed E-state index contributed by atoms with van der Waals surface area (Å²) < 4.78 is 57.7. The van der Waals surface area contributed by atoms with Gasteiger partial charge in [0.15, 0.2) is 5.82 Å². The molecule has 2 aromatic carbocycles. The Morgan fingerprint density at radius 3 is 2.39 bits per heavy atom. The molecule has 10 heteroatoms. The molecule has 0 bridgehead atoms. The highest BCUT2D eigenvalue weighted by atomic mass is 19.4. The summed E-state index contributed by atoms with van der Waals surface area (Å²) in [6.45, 7) is 3.20. The van der Waals surface area contributed by atoms with Crippen LogP contribution in [0.4, 0.5) is 33.9 Å². The Morgan fingerprint density at radius 1 is 0.974 bits per heavy atom. The Balaban J connectivity index is 1.27. The first-order valence-electron chi connectivity index (χ1n) is 13.0. The molecule has 0 unspecified atom stereocenters. The van der Waals surface area contributed by atoms with Crippen LogP contribution in [0.1, 0.15) is 54.0 Å². The number of carbonyl (C=O) groups is 1. The number of hydrogen-bond donors (Lipinski definition) is 0. The molecule has 38 heavy (non-hydrogen) atoms. The molecule has 1 aliphatic carbocycles. The van der Waals surface area contributed by atoms with Gasteiger partial charge in [0.05, 0.1) is 30.4 Å². The van der Waals surface area contributed by atoms with Gasteiger partial charge in [0.1, 0.15) is 5.82 Å². The molecule has 3 heterocycles. The van der Waals surface area contributed by atoms with Crippen molar-refractivity contribution in [1.29, 1.82) is 0 Å². The Morgan fingerprint density at radius 2 is 1.71 bits per heavy atom. The lowest BCUT2D eigenvalue weighted by Gasteiger charge is -2.43. The fourth-order valence-electron chi connectivity index (χ4n) is 5.74. The Hall–Kier alpha value is -3.56. The molecule has 6 nitrogen and oxygen atoms in total. The van der Waals surface area contributed by atoms with Gasteiger partial charge >= 0.3 is 12.2 Å². The Bertz CT molecular complexity index is 1340. The van der Waals surface area contributed by atoms with Crippen molar-refractivity contribution in [3.8, 4) is 0 Å². The number of rotatable bonds is 5. The highest BCUT2D eigenvalue weighted by Crippen LogP contribution is 2.40. The van der Waals surface area contributed by atoms with Crippen LogP contribution in [0.5, 0.6) is 0 Å². The van der Waals surface area contributed by atoms with E-state index in [2.05, 4.69) is 5.10 Å². The smallest absolute Gasteiger partial charge is 0.369 e. The van der Waals surface area contributed by atoms with Gasteiger partial charge in [0, 0.05) is 30.9 Å². The first-order chi connectivity index (χ1) is 18.2. The highest BCUT2D eigenvalue weighted by Gasteiger charge is 2.41. The number of fused-ring (bicyclic) bond motifs is 1. The van der Waals surface area contributed by atoms with Crippen LogP contribution in [0.3, 0.4) is 0 Å². The third-order valence-corrected chi connectivity index (χ3v) is 7.84. The van der Waals surface area contributed by atoms with Crippen LogP contribution >= 0.6 is 0 Å². The van der Waals surface area contributed by atoms with Crippen LogP contribution in [-0.4, -0.2) is 39.8 Å². The average Bonchev–Trinajstić information content (AvgIpc) is 3.65. The molecular weight excluding hydrogens is 498 g/mol. The number of para-hydroxylation sites is 1. The van der Waals surface area contributed by atoms with Crippen LogP contribution in [0.15, 0.2) is 48.7 Å². The molecule has 3 aliphatic rings. The zero-order valence-corrected chi connectivity index (χ0v) is 21.1. The van der Waals surface area contributed by atoms with Crippen molar-refractivity contribution in [2.75, 3.05) is 22.9 Å². The minimum atomic E-state index is -4.52. The summed E-state index contributed by atoms with van der Waals surface area (Å²) in [5.74, 6) is 0.179. The van der Waals surface area contributed by atoms with Gasteiger partial charge in [-0.2, -0.15) is 18.3 Å². The molecule has 0 radical (unpaired) electrons. The second-order valence-electron chi connectivity index (χ2n) is 10.5. The normalized spacial score (nSPS) is 18.8. The lowest BCUT2D eigenvalue weighted by Crippen LogP contribution is -2.54. The molecule has 2 amide bonds. The van der Waals surface area contributed by atoms with Crippen molar-refractivity contribution in [2.45, 2.75) is 64.0 Å². The van der Waals surface area contributed by atoms with Crippen molar-refractivity contribution in [2.24, 2.45) is 0 Å². The van der Waals surface area contributed by atoms with E-state index in [-0.39, 0.29) is 36.0 Å². The Labute approximate surface area is 218 Å². The number of carbonyl (C=O) groups excluding carboxylic acids is 1. The van der Waals surface area contributed by atoms with Crippen molar-refractivity contribution >= 4 is 17.5 Å². The second kappa shape index (κ2) is 9.32. The van der Waals surface area contributed by atoms with E-state index < -0.39 is 11.7 Å². The third kappa shape index (κ3) is 4.50. The molecule has 0 N–H and O–H groups in total. The minimum absolute atomic E-state index is 0.0342. The second-order valence-corrected chi connectivity index (χ2v) is 10.5. The van der Waals surface area contributed by atoms with Gasteiger partial charge in [0.25, 0.3) is 0 Å². The number of piperidine rings is 1. The lowest BCUT2D eigenvalue weighted by atomic mass is 10.00. The van der Waals surface area contributed by atoms with Crippen molar-refractivity contribution < 1.29 is 22.4 Å². The van der Waals surface area contributed by atoms with Crippen molar-refractivity contribution in [3.63, 3.8) is 0 Å². The van der Waals surface area contributed by atoms with Crippen LogP contribution in [-0.2, 0) is 19.3 Å². The quantitative estimate of drug-likeness (QED) is 0.366. The maximum Gasteiger partial charge on any atom is 0.416 e. The third-order valence-electron chi connectivity index (χ3n) is 7.84. The summed E-state index contributed by atoms with van der Waals surface area (Å²) in [6.07, 6.45) is 0.694. The van der Waals surface area contributed by atoms with Gasteiger partial charge in [-0.05, 0) is 55.9 Å². The molecule has 6 rings (SSSR count). The molecule has 0 spiro atoms. The first kappa shape index (κ1) is 24.8. The van der Waals surface area contributed by atoms with Gasteiger partial charge in [-0.3, -0.25) is 9.58 Å². The van der Waals surface area contributed by atoms with Gasteiger partial charge in [-0.1, -0.05) is 30.3 Å². The zero-order chi connectivity index (χ0) is 26.6. The van der Waals surface area contributed by atoms with E-state index in [4.69, 9.17) is 0 Å². The highest BCUT2D eigenvalue weighted by molar-refractivity contribution is 5.94. The van der Waals surface area contributed by atoms with Crippen LogP contribution in [0, 0.1) is 12.7 Å². The van der Waals surface area contributed by atoms with Gasteiger partial charge in [0.2, 0.25) is 0 Å². The summed E-state index contributed by atoms with van der Waals surface area (Å²) in [6, 6.07) is 10.2. The summed E-state index contributed by atoms with van der Waals surface area (Å²) >= 11 is 0. The molecule has 1 aromatic heterocycles. The number of aryl methyl sites for hydroxylation is 1. The molecular formula is C28H29F4N5O. The molecule has 1 saturated heterocycles.